The Balaban J connectivity index is 0.000000341. The summed E-state index contributed by atoms with van der Waals surface area (Å²) in [6.07, 6.45) is 0.653. The SMILES string of the molecule is C[C@]1(c2ccc(Cl)cc2F)Oc2cccc(C3CCN(Cc4nc5ccc(C(=O)O)cc5n4C[C@@H]4CCO4)CC3)c2O1.O=C(O)CC(O)(CC(=O)O)C(=O)O. The number of aromatic nitrogens is 2. The highest BCUT2D eigenvalue weighted by Crippen LogP contribution is 2.50. The van der Waals surface area contributed by atoms with Gasteiger partial charge in [0, 0.05) is 24.1 Å². The molecule has 3 aliphatic heterocycles. The molecule has 2 fully saturated rings. The number of halogens is 2. The molecule has 2 atom stereocenters. The fourth-order valence-electron chi connectivity index (χ4n) is 7.02. The molecule has 4 heterocycles. The molecule has 0 unspecified atom stereocenters. The van der Waals surface area contributed by atoms with Crippen molar-refractivity contribution >= 4 is 46.5 Å². The predicted molar refractivity (Wildman–Crippen MR) is 192 cm³/mol. The Morgan fingerprint density at radius 2 is 1.65 bits per heavy atom. The van der Waals surface area contributed by atoms with Gasteiger partial charge in [0.2, 0.25) is 0 Å². The van der Waals surface area contributed by atoms with E-state index in [1.165, 1.54) is 6.07 Å². The number of carbonyl (C=O) groups is 4. The van der Waals surface area contributed by atoms with Crippen LogP contribution in [-0.2, 0) is 38.0 Å². The normalized spacial score (nSPS) is 19.7. The van der Waals surface area contributed by atoms with Gasteiger partial charge in [0.05, 0.1) is 54.2 Å². The molecule has 15 nitrogen and oxygen atoms in total. The van der Waals surface area contributed by atoms with Gasteiger partial charge in [-0.3, -0.25) is 14.5 Å². The number of benzene rings is 3. The zero-order chi connectivity index (χ0) is 39.7. The molecule has 0 radical (unpaired) electrons. The molecule has 292 valence electrons. The van der Waals surface area contributed by atoms with E-state index in [9.17, 15) is 28.7 Å². The second-order valence-corrected chi connectivity index (χ2v) is 14.3. The van der Waals surface area contributed by atoms with Gasteiger partial charge >= 0.3 is 23.9 Å². The Hall–Kier alpha value is -5.29. The lowest BCUT2D eigenvalue weighted by molar-refractivity contribution is -0.170. The number of carboxylic acids is 4. The molecule has 0 saturated carbocycles. The first-order valence-corrected chi connectivity index (χ1v) is 17.9. The number of carboxylic acid groups (broad SMARTS) is 4. The van der Waals surface area contributed by atoms with Gasteiger partial charge < -0.3 is 44.3 Å². The minimum absolute atomic E-state index is 0.120. The van der Waals surface area contributed by atoms with E-state index in [0.29, 0.717) is 35.2 Å². The van der Waals surface area contributed by atoms with E-state index in [4.69, 9.17) is 51.2 Å². The monoisotopic (exact) mass is 783 g/mol. The van der Waals surface area contributed by atoms with Gasteiger partial charge in [-0.15, -0.1) is 0 Å². The number of ether oxygens (including phenoxy) is 3. The number of rotatable bonds is 12. The van der Waals surface area contributed by atoms with Crippen molar-refractivity contribution < 1.29 is 63.3 Å². The van der Waals surface area contributed by atoms with E-state index in [0.717, 1.165) is 61.4 Å². The van der Waals surface area contributed by atoms with Crippen LogP contribution in [0, 0.1) is 5.82 Å². The molecule has 0 bridgehead atoms. The van der Waals surface area contributed by atoms with Crippen molar-refractivity contribution in [2.75, 3.05) is 19.7 Å². The summed E-state index contributed by atoms with van der Waals surface area (Å²) in [5.74, 6) is -5.26. The third-order valence-electron chi connectivity index (χ3n) is 9.96. The number of hydrogen-bond acceptors (Lipinski definition) is 10. The maximum Gasteiger partial charge on any atom is 0.336 e. The Labute approximate surface area is 318 Å². The van der Waals surface area contributed by atoms with Crippen molar-refractivity contribution in [3.63, 3.8) is 0 Å². The van der Waals surface area contributed by atoms with Crippen LogP contribution >= 0.6 is 11.6 Å². The molecule has 1 aromatic heterocycles. The van der Waals surface area contributed by atoms with E-state index >= 15 is 0 Å². The van der Waals surface area contributed by atoms with Gasteiger partial charge in [0.15, 0.2) is 17.1 Å². The Kier molecular flexibility index (Phi) is 11.3. The molecule has 3 aliphatic rings. The molecule has 0 amide bonds. The molecule has 2 saturated heterocycles. The van der Waals surface area contributed by atoms with Crippen LogP contribution in [0.25, 0.3) is 11.0 Å². The third kappa shape index (κ3) is 8.67. The van der Waals surface area contributed by atoms with Crippen molar-refractivity contribution in [2.45, 2.75) is 75.5 Å². The molecular formula is C38H39ClFN3O12. The molecular weight excluding hydrogens is 745 g/mol. The van der Waals surface area contributed by atoms with Gasteiger partial charge in [-0.1, -0.05) is 23.7 Å². The number of aliphatic carboxylic acids is 3. The first kappa shape index (κ1) is 39.4. The quantitative estimate of drug-likeness (QED) is 0.126. The molecule has 55 heavy (non-hydrogen) atoms. The van der Waals surface area contributed by atoms with Crippen molar-refractivity contribution in [1.29, 1.82) is 0 Å². The maximum absolute atomic E-state index is 14.8. The number of piperidine rings is 1. The number of hydrogen-bond donors (Lipinski definition) is 5. The summed E-state index contributed by atoms with van der Waals surface area (Å²) >= 11 is 5.97. The summed E-state index contributed by atoms with van der Waals surface area (Å²) in [6.45, 7) is 5.53. The molecule has 0 aliphatic carbocycles. The van der Waals surface area contributed by atoms with Crippen LogP contribution in [0.15, 0.2) is 54.6 Å². The average molecular weight is 784 g/mol. The molecule has 5 N–H and O–H groups in total. The highest BCUT2D eigenvalue weighted by Gasteiger charge is 2.43. The second-order valence-electron chi connectivity index (χ2n) is 13.9. The molecule has 0 spiro atoms. The van der Waals surface area contributed by atoms with Gasteiger partial charge in [-0.2, -0.15) is 0 Å². The summed E-state index contributed by atoms with van der Waals surface area (Å²) < 4.78 is 35.2. The van der Waals surface area contributed by atoms with Crippen molar-refractivity contribution in [3.8, 4) is 11.5 Å². The third-order valence-corrected chi connectivity index (χ3v) is 10.2. The highest BCUT2D eigenvalue weighted by atomic mass is 35.5. The fraction of sp³-hybridized carbons (Fsp3) is 0.395. The number of nitrogens with zero attached hydrogens (tertiary/aromatic N) is 3. The van der Waals surface area contributed by atoms with Crippen molar-refractivity contribution in [3.05, 3.63) is 88.0 Å². The number of aromatic carboxylic acids is 1. The second kappa shape index (κ2) is 15.8. The number of fused-ring (bicyclic) bond motifs is 2. The summed E-state index contributed by atoms with van der Waals surface area (Å²) in [5, 5.41) is 43.7. The van der Waals surface area contributed by atoms with Gasteiger partial charge in [0.25, 0.3) is 5.79 Å². The van der Waals surface area contributed by atoms with Crippen LogP contribution < -0.4 is 9.47 Å². The minimum atomic E-state index is -2.74. The highest BCUT2D eigenvalue weighted by molar-refractivity contribution is 6.30. The average Bonchev–Trinajstić information content (AvgIpc) is 3.62. The number of aliphatic hydroxyl groups is 1. The number of imidazole rings is 1. The van der Waals surface area contributed by atoms with E-state index < -0.39 is 53.9 Å². The fourth-order valence-corrected chi connectivity index (χ4v) is 7.17. The Bertz CT molecular complexity index is 2110. The lowest BCUT2D eigenvalue weighted by Gasteiger charge is -2.33. The van der Waals surface area contributed by atoms with E-state index in [2.05, 4.69) is 15.5 Å². The van der Waals surface area contributed by atoms with Gasteiger partial charge in [-0.05, 0) is 80.7 Å². The lowest BCUT2D eigenvalue weighted by atomic mass is 9.88. The standard InChI is InChI=1S/C32H31ClFN3O5.C6H8O7/c1-32(24-7-6-21(33)16-25(24)34)41-28-4-2-3-23(30(28)42-32)19-9-12-36(13-10-19)18-29-35-26-8-5-20(31(38)39)15-27(26)37(29)17-22-11-14-40-22;7-3(8)1-6(13,5(11)12)2-4(9)10/h2-8,15-16,19,22H,9-14,17-18H2,1H3,(H,38,39);13H,1-2H2,(H,7,8)(H,9,10)(H,11,12)/t22-,32-;/m0./s1. The molecule has 3 aromatic carbocycles. The van der Waals surface area contributed by atoms with E-state index in [1.807, 2.05) is 12.1 Å². The Morgan fingerprint density at radius 3 is 2.24 bits per heavy atom. The maximum atomic E-state index is 14.8. The van der Waals surface area contributed by atoms with Gasteiger partial charge in [-0.25, -0.2) is 19.0 Å². The van der Waals surface area contributed by atoms with Crippen LogP contribution in [0.5, 0.6) is 11.5 Å². The summed E-state index contributed by atoms with van der Waals surface area (Å²) in [5.41, 5.74) is 0.503. The topological polar surface area (TPSA) is 218 Å². The van der Waals surface area contributed by atoms with E-state index in [-0.39, 0.29) is 17.6 Å². The molecule has 7 rings (SSSR count). The number of likely N-dealkylation sites (tertiary alicyclic amines) is 1. The van der Waals surface area contributed by atoms with Gasteiger partial charge in [0.1, 0.15) is 11.6 Å². The first-order chi connectivity index (χ1) is 26.0. The van der Waals surface area contributed by atoms with Crippen LogP contribution in [0.3, 0.4) is 0 Å². The molecule has 4 aromatic rings. The van der Waals surface area contributed by atoms with Crippen LogP contribution in [-0.4, -0.2) is 95.3 Å². The van der Waals surface area contributed by atoms with Crippen LogP contribution in [0.2, 0.25) is 5.02 Å². The summed E-state index contributed by atoms with van der Waals surface area (Å²) in [6, 6.07) is 15.5. The Morgan fingerprint density at radius 1 is 0.964 bits per heavy atom. The van der Waals surface area contributed by atoms with Crippen molar-refractivity contribution in [1.82, 2.24) is 14.5 Å². The summed E-state index contributed by atoms with van der Waals surface area (Å²) in [7, 11) is 0. The van der Waals surface area contributed by atoms with Crippen LogP contribution in [0.4, 0.5) is 4.39 Å². The predicted octanol–water partition coefficient (Wildman–Crippen LogP) is 5.09. The molecule has 17 heteroatoms. The van der Waals surface area contributed by atoms with Crippen LogP contribution in [0.1, 0.15) is 72.3 Å². The zero-order valence-corrected chi connectivity index (χ0v) is 30.4. The van der Waals surface area contributed by atoms with Crippen molar-refractivity contribution in [2.24, 2.45) is 0 Å². The largest absolute Gasteiger partial charge is 0.481 e. The first-order valence-electron chi connectivity index (χ1n) is 17.5. The lowest BCUT2D eigenvalue weighted by Crippen LogP contribution is -2.42. The summed E-state index contributed by atoms with van der Waals surface area (Å²) in [4.78, 5) is 49.4. The minimum Gasteiger partial charge on any atom is -0.481 e. The van der Waals surface area contributed by atoms with E-state index in [1.54, 1.807) is 37.3 Å². The smallest absolute Gasteiger partial charge is 0.336 e. The zero-order valence-electron chi connectivity index (χ0n) is 29.6. The number of para-hydroxylation sites is 1.